The molecule has 0 aliphatic carbocycles. The molecule has 2 N–H and O–H groups in total. The van der Waals surface area contributed by atoms with Crippen molar-refractivity contribution in [2.24, 2.45) is 5.92 Å². The predicted molar refractivity (Wildman–Crippen MR) is 205 cm³/mol. The van der Waals surface area contributed by atoms with Crippen LogP contribution in [0.1, 0.15) is 47.0 Å². The number of rotatable bonds is 13. The number of aromatic nitrogens is 1. The minimum atomic E-state index is -3.77. The van der Waals surface area contributed by atoms with E-state index in [1.807, 2.05) is 36.4 Å². The molecule has 266 valence electrons. The molecule has 0 saturated carbocycles. The van der Waals surface area contributed by atoms with Crippen LogP contribution in [0, 0.1) is 29.6 Å². The van der Waals surface area contributed by atoms with E-state index in [9.17, 15) is 13.2 Å². The van der Waals surface area contributed by atoms with Gasteiger partial charge in [0, 0.05) is 50.4 Å². The molecular formula is C42H41N3O5S2. The maximum absolute atomic E-state index is 12.3. The minimum Gasteiger partial charge on any atom is -0.361 e. The number of amides is 1. The lowest BCUT2D eigenvalue weighted by molar-refractivity contribution is -0.131. The largest absolute Gasteiger partial charge is 0.361 e. The Bertz CT molecular complexity index is 2140. The molecule has 1 amide bonds. The number of benzene rings is 4. The fourth-order valence-corrected chi connectivity index (χ4v) is 8.32. The first-order chi connectivity index (χ1) is 25.1. The number of nitrogens with one attached hydrogen (secondary N) is 1. The van der Waals surface area contributed by atoms with Crippen molar-refractivity contribution in [2.75, 3.05) is 32.5 Å². The highest BCUT2D eigenvalue weighted by atomic mass is 32.2. The van der Waals surface area contributed by atoms with E-state index < -0.39 is 26.1 Å². The third-order valence-corrected chi connectivity index (χ3v) is 12.7. The van der Waals surface area contributed by atoms with Gasteiger partial charge in [0.2, 0.25) is 0 Å². The van der Waals surface area contributed by atoms with Gasteiger partial charge in [0.25, 0.3) is 5.91 Å². The van der Waals surface area contributed by atoms with Crippen LogP contribution < -0.4 is 5.48 Å². The van der Waals surface area contributed by atoms with Gasteiger partial charge in [-0.1, -0.05) is 103 Å². The first-order valence-corrected chi connectivity index (χ1v) is 19.9. The highest BCUT2D eigenvalue weighted by molar-refractivity contribution is 7.92. The molecule has 4 aromatic carbocycles. The first kappa shape index (κ1) is 37.0. The Kier molecular flexibility index (Phi) is 11.6. The molecule has 1 aliphatic rings. The van der Waals surface area contributed by atoms with E-state index in [1.54, 1.807) is 0 Å². The molecule has 0 spiro atoms. The van der Waals surface area contributed by atoms with E-state index in [2.05, 4.69) is 106 Å². The summed E-state index contributed by atoms with van der Waals surface area (Å²) in [5, 5.41) is 9.77. The van der Waals surface area contributed by atoms with Crippen LogP contribution in [0.3, 0.4) is 0 Å². The molecule has 8 nitrogen and oxygen atoms in total. The van der Waals surface area contributed by atoms with E-state index in [0.717, 1.165) is 64.8 Å². The molecular weight excluding hydrogens is 691 g/mol. The Morgan fingerprint density at radius 2 is 1.54 bits per heavy atom. The van der Waals surface area contributed by atoms with Gasteiger partial charge in [0.1, 0.15) is 10.3 Å². The van der Waals surface area contributed by atoms with Gasteiger partial charge in [-0.15, -0.1) is 11.3 Å². The molecule has 1 aliphatic heterocycles. The first-order valence-electron chi connectivity index (χ1n) is 17.2. The van der Waals surface area contributed by atoms with Gasteiger partial charge in [0.15, 0.2) is 9.84 Å². The SMILES string of the molecule is CC(CCc1nc2ccc(C#CC#CC3CN(CCCOC(c4ccccc4)(c4ccccc4)c4ccccc4)C3)cc2s1)(C(=O)NO)S(C)(=O)=O. The molecule has 52 heavy (non-hydrogen) atoms. The fraction of sp³-hybridized carbons (Fsp3) is 0.286. The smallest absolute Gasteiger partial charge is 0.264 e. The van der Waals surface area contributed by atoms with Crippen LogP contribution in [0.5, 0.6) is 0 Å². The van der Waals surface area contributed by atoms with Crippen LogP contribution >= 0.6 is 11.3 Å². The Morgan fingerprint density at radius 1 is 0.942 bits per heavy atom. The summed E-state index contributed by atoms with van der Waals surface area (Å²) in [4.78, 5) is 19.1. The number of aryl methyl sites for hydroxylation is 1. The molecule has 1 atom stereocenters. The number of thiazole rings is 1. The number of sulfone groups is 1. The van der Waals surface area contributed by atoms with Gasteiger partial charge in [0.05, 0.1) is 15.2 Å². The summed E-state index contributed by atoms with van der Waals surface area (Å²) >= 11 is 1.43. The lowest BCUT2D eigenvalue weighted by atomic mass is 9.80. The second-order valence-corrected chi connectivity index (χ2v) is 16.8. The van der Waals surface area contributed by atoms with Crippen LogP contribution in [0.25, 0.3) is 10.2 Å². The van der Waals surface area contributed by atoms with Crippen molar-refractivity contribution >= 4 is 37.3 Å². The summed E-state index contributed by atoms with van der Waals surface area (Å²) in [5.41, 5.74) is 5.67. The van der Waals surface area contributed by atoms with Gasteiger partial charge in [-0.3, -0.25) is 10.0 Å². The molecule has 1 fully saturated rings. The average Bonchev–Trinajstić information content (AvgIpc) is 3.56. The van der Waals surface area contributed by atoms with Crippen LogP contribution in [-0.4, -0.2) is 66.7 Å². The number of hydroxylamine groups is 1. The van der Waals surface area contributed by atoms with Crippen LogP contribution in [-0.2, 0) is 31.4 Å². The highest BCUT2D eigenvalue weighted by Gasteiger charge is 2.43. The zero-order chi connectivity index (χ0) is 36.6. The zero-order valence-electron chi connectivity index (χ0n) is 29.2. The van der Waals surface area contributed by atoms with Crippen LogP contribution in [0.4, 0.5) is 0 Å². The van der Waals surface area contributed by atoms with Crippen molar-refractivity contribution in [3.8, 4) is 23.7 Å². The van der Waals surface area contributed by atoms with Gasteiger partial charge >= 0.3 is 0 Å². The Labute approximate surface area is 309 Å². The molecule has 10 heteroatoms. The summed E-state index contributed by atoms with van der Waals surface area (Å²) in [6.45, 7) is 4.65. The molecule has 5 aromatic rings. The Morgan fingerprint density at radius 3 is 2.10 bits per heavy atom. The summed E-state index contributed by atoms with van der Waals surface area (Å²) in [6.07, 6.45) is 2.14. The molecule has 1 saturated heterocycles. The van der Waals surface area contributed by atoms with Crippen LogP contribution in [0.15, 0.2) is 109 Å². The normalized spacial score (nSPS) is 14.7. The van der Waals surface area contributed by atoms with Crippen molar-refractivity contribution in [1.29, 1.82) is 0 Å². The monoisotopic (exact) mass is 731 g/mol. The third kappa shape index (κ3) is 8.13. The van der Waals surface area contributed by atoms with Crippen molar-refractivity contribution < 1.29 is 23.2 Å². The summed E-state index contributed by atoms with van der Waals surface area (Å²) in [5.74, 6) is 11.7. The van der Waals surface area contributed by atoms with Gasteiger partial charge in [-0.25, -0.2) is 18.9 Å². The maximum Gasteiger partial charge on any atom is 0.264 e. The Balaban J connectivity index is 1.01. The van der Waals surface area contributed by atoms with E-state index in [-0.39, 0.29) is 18.8 Å². The van der Waals surface area contributed by atoms with Gasteiger partial charge < -0.3 is 9.64 Å². The number of fused-ring (bicyclic) bond motifs is 1. The number of hydrogen-bond donors (Lipinski definition) is 2. The van der Waals surface area contributed by atoms with E-state index in [1.165, 1.54) is 23.7 Å². The fourth-order valence-electron chi connectivity index (χ4n) is 6.46. The molecule has 1 unspecified atom stereocenters. The van der Waals surface area contributed by atoms with E-state index >= 15 is 0 Å². The minimum absolute atomic E-state index is 0.00977. The van der Waals surface area contributed by atoms with Crippen molar-refractivity contribution in [3.05, 3.63) is 136 Å². The van der Waals surface area contributed by atoms with Crippen molar-refractivity contribution in [2.45, 2.75) is 36.5 Å². The average molecular weight is 732 g/mol. The number of nitrogens with zero attached hydrogens (tertiary/aromatic N) is 2. The lowest BCUT2D eigenvalue weighted by Gasteiger charge is -2.38. The van der Waals surface area contributed by atoms with Gasteiger partial charge in [-0.2, -0.15) is 0 Å². The maximum atomic E-state index is 12.3. The summed E-state index contributed by atoms with van der Waals surface area (Å²) in [7, 11) is -3.77. The standard InChI is InChI=1S/C42H41N3O5S2/c1-41(40(46)44-47,52(2,48)49)26-25-39-43-37-24-23-32(29-38(37)51-39)15-12-13-16-33-30-45(31-33)27-14-28-50-42(34-17-6-3-7-18-34,35-19-8-4-9-20-35)36-21-10-5-11-22-36/h3-11,17-24,29,33,47H,14,25-28,30-31H2,1-2H3,(H,44,46). The number of ether oxygens (including phenoxy) is 1. The van der Waals surface area contributed by atoms with E-state index in [0.29, 0.717) is 11.6 Å². The number of hydrogen-bond acceptors (Lipinski definition) is 8. The lowest BCUT2D eigenvalue weighted by Crippen LogP contribution is -2.49. The molecule has 1 aromatic heterocycles. The quantitative estimate of drug-likeness (QED) is 0.0487. The van der Waals surface area contributed by atoms with Crippen LogP contribution in [0.2, 0.25) is 0 Å². The molecule has 0 bridgehead atoms. The topological polar surface area (TPSA) is 109 Å². The predicted octanol–water partition coefficient (Wildman–Crippen LogP) is 6.22. The zero-order valence-corrected chi connectivity index (χ0v) is 30.8. The van der Waals surface area contributed by atoms with Gasteiger partial charge in [-0.05, 0) is 66.5 Å². The molecule has 0 radical (unpaired) electrons. The second-order valence-electron chi connectivity index (χ2n) is 13.2. The molecule has 6 rings (SSSR count). The van der Waals surface area contributed by atoms with Crippen molar-refractivity contribution in [3.63, 3.8) is 0 Å². The number of carbonyl (C=O) groups is 1. The van der Waals surface area contributed by atoms with E-state index in [4.69, 9.17) is 9.94 Å². The summed E-state index contributed by atoms with van der Waals surface area (Å²) < 4.78 is 30.6. The second kappa shape index (κ2) is 16.2. The van der Waals surface area contributed by atoms with Crippen molar-refractivity contribution in [1.82, 2.24) is 15.4 Å². The third-order valence-electron chi connectivity index (χ3n) is 9.63. The molecule has 2 heterocycles. The highest BCUT2D eigenvalue weighted by Crippen LogP contribution is 2.40. The number of carbonyl (C=O) groups excluding carboxylic acids is 1. The Hall–Kier alpha value is -4.81. The number of likely N-dealkylation sites (tertiary alicyclic amines) is 1. The summed E-state index contributed by atoms with van der Waals surface area (Å²) in [6, 6.07) is 37.0.